The minimum Gasteiger partial charge on any atom is -0.378 e. The van der Waals surface area contributed by atoms with E-state index < -0.39 is 4.92 Å². The molecule has 1 aromatic rings. The van der Waals surface area contributed by atoms with Gasteiger partial charge in [-0.1, -0.05) is 12.8 Å². The maximum atomic E-state index is 12.6. The van der Waals surface area contributed by atoms with Gasteiger partial charge in [0.25, 0.3) is 11.6 Å². The summed E-state index contributed by atoms with van der Waals surface area (Å²) in [4.78, 5) is 24.7. The maximum Gasteiger partial charge on any atom is 0.269 e. The lowest BCUT2D eigenvalue weighted by atomic mass is 9.91. The summed E-state index contributed by atoms with van der Waals surface area (Å²) in [6.45, 7) is 1.91. The smallest absolute Gasteiger partial charge is 0.269 e. The van der Waals surface area contributed by atoms with Crippen LogP contribution in [-0.4, -0.2) is 55.1 Å². The normalized spacial score (nSPS) is 19.4. The predicted molar refractivity (Wildman–Crippen MR) is 110 cm³/mol. The lowest BCUT2D eigenvalue weighted by Gasteiger charge is -2.34. The number of amides is 1. The van der Waals surface area contributed by atoms with Crippen LogP contribution < -0.4 is 5.32 Å². The van der Waals surface area contributed by atoms with Crippen molar-refractivity contribution in [2.24, 2.45) is 0 Å². The Labute approximate surface area is 167 Å². The number of carbonyl (C=O) groups is 1. The Hall–Kier alpha value is -1.99. The van der Waals surface area contributed by atoms with Gasteiger partial charge >= 0.3 is 0 Å². The van der Waals surface area contributed by atoms with Crippen molar-refractivity contribution < 1.29 is 14.5 Å². The van der Waals surface area contributed by atoms with Crippen molar-refractivity contribution >= 4 is 11.6 Å². The molecule has 0 aliphatic heterocycles. The number of hydrogen-bond donors (Lipinski definition) is 1. The van der Waals surface area contributed by atoms with Crippen LogP contribution in [0.5, 0.6) is 0 Å². The molecule has 28 heavy (non-hydrogen) atoms. The summed E-state index contributed by atoms with van der Waals surface area (Å²) in [5.74, 6) is -0.0826. The fourth-order valence-corrected chi connectivity index (χ4v) is 3.70. The molecule has 1 aliphatic carbocycles. The minimum absolute atomic E-state index is 0.00103. The molecule has 2 rings (SSSR count). The number of benzene rings is 1. The van der Waals surface area contributed by atoms with Crippen molar-refractivity contribution in [1.82, 2.24) is 10.2 Å². The minimum atomic E-state index is -0.457. The highest BCUT2D eigenvalue weighted by Gasteiger charge is 2.27. The summed E-state index contributed by atoms with van der Waals surface area (Å²) < 4.78 is 6.02. The van der Waals surface area contributed by atoms with Gasteiger partial charge in [-0.25, -0.2) is 0 Å². The van der Waals surface area contributed by atoms with Crippen LogP contribution in [0.2, 0.25) is 0 Å². The molecule has 0 bridgehead atoms. The average Bonchev–Trinajstić information content (AvgIpc) is 2.72. The number of unbranched alkanes of at least 4 members (excludes halogenated alkanes) is 3. The van der Waals surface area contributed by atoms with E-state index in [4.69, 9.17) is 4.74 Å². The van der Waals surface area contributed by atoms with Crippen LogP contribution in [0.15, 0.2) is 24.3 Å². The number of ether oxygens (including phenoxy) is 1. The number of carbonyl (C=O) groups excluding carboxylic acids is 1. The molecule has 0 spiro atoms. The van der Waals surface area contributed by atoms with Gasteiger partial charge < -0.3 is 15.0 Å². The van der Waals surface area contributed by atoms with Crippen LogP contribution in [0.1, 0.15) is 61.7 Å². The number of nitrogens with one attached hydrogen (secondary N) is 1. The van der Waals surface area contributed by atoms with E-state index in [1.54, 1.807) is 4.90 Å². The second kappa shape index (κ2) is 11.8. The van der Waals surface area contributed by atoms with Crippen LogP contribution in [0.3, 0.4) is 0 Å². The number of hydrogen-bond acceptors (Lipinski definition) is 5. The summed E-state index contributed by atoms with van der Waals surface area (Å²) in [5, 5.41) is 13.9. The van der Waals surface area contributed by atoms with Gasteiger partial charge in [-0.3, -0.25) is 14.9 Å². The molecule has 0 radical (unpaired) electrons. The highest BCUT2D eigenvalue weighted by Crippen LogP contribution is 2.26. The molecule has 0 heterocycles. The van der Waals surface area contributed by atoms with Gasteiger partial charge in [0.2, 0.25) is 0 Å². The zero-order chi connectivity index (χ0) is 20.4. The predicted octanol–water partition coefficient (Wildman–Crippen LogP) is 3.77. The van der Waals surface area contributed by atoms with Gasteiger partial charge in [0.15, 0.2) is 0 Å². The third-order valence-corrected chi connectivity index (χ3v) is 5.51. The van der Waals surface area contributed by atoms with Gasteiger partial charge in [0.1, 0.15) is 0 Å². The molecule has 156 valence electrons. The zero-order valence-corrected chi connectivity index (χ0v) is 17.1. The van der Waals surface area contributed by atoms with E-state index in [1.165, 1.54) is 43.5 Å². The summed E-state index contributed by atoms with van der Waals surface area (Å²) in [7, 11) is 3.80. The van der Waals surface area contributed by atoms with Crippen molar-refractivity contribution in [2.45, 2.75) is 63.5 Å². The van der Waals surface area contributed by atoms with E-state index in [-0.39, 0.29) is 17.6 Å². The van der Waals surface area contributed by atoms with E-state index in [0.29, 0.717) is 11.7 Å². The molecule has 1 aliphatic rings. The molecule has 1 amide bonds. The third kappa shape index (κ3) is 6.87. The Kier molecular flexibility index (Phi) is 9.37. The highest BCUT2D eigenvalue weighted by atomic mass is 16.6. The van der Waals surface area contributed by atoms with Crippen LogP contribution in [-0.2, 0) is 4.74 Å². The Morgan fingerprint density at radius 1 is 1.14 bits per heavy atom. The van der Waals surface area contributed by atoms with Crippen LogP contribution in [0.4, 0.5) is 5.69 Å². The fraction of sp³-hybridized carbons (Fsp3) is 0.667. The number of nitro groups is 1. The summed E-state index contributed by atoms with van der Waals surface area (Å²) in [6, 6.07) is 6.02. The molecule has 1 saturated carbocycles. The number of non-ortho nitro benzene ring substituents is 1. The molecule has 0 atom stereocenters. The van der Waals surface area contributed by atoms with Crippen molar-refractivity contribution in [1.29, 1.82) is 0 Å². The Balaban J connectivity index is 1.69. The zero-order valence-electron chi connectivity index (χ0n) is 17.1. The first-order chi connectivity index (χ1) is 13.5. The number of nitrogens with zero attached hydrogens (tertiary/aromatic N) is 2. The lowest BCUT2D eigenvalue weighted by molar-refractivity contribution is -0.384. The molecule has 0 unspecified atom stereocenters. The first-order valence-electron chi connectivity index (χ1n) is 10.3. The quantitative estimate of drug-likeness (QED) is 0.353. The maximum absolute atomic E-state index is 12.6. The second-order valence-corrected chi connectivity index (χ2v) is 7.54. The molecule has 7 nitrogen and oxygen atoms in total. The van der Waals surface area contributed by atoms with Crippen molar-refractivity contribution in [3.8, 4) is 0 Å². The number of rotatable bonds is 11. The summed E-state index contributed by atoms with van der Waals surface area (Å²) in [6.07, 6.45) is 8.90. The van der Waals surface area contributed by atoms with Crippen LogP contribution in [0.25, 0.3) is 0 Å². The highest BCUT2D eigenvalue weighted by molar-refractivity contribution is 5.94. The fourth-order valence-electron chi connectivity index (χ4n) is 3.70. The van der Waals surface area contributed by atoms with E-state index in [2.05, 4.69) is 5.32 Å². The summed E-state index contributed by atoms with van der Waals surface area (Å²) in [5.41, 5.74) is 0.489. The monoisotopic (exact) mass is 391 g/mol. The van der Waals surface area contributed by atoms with Crippen LogP contribution >= 0.6 is 0 Å². The van der Waals surface area contributed by atoms with Crippen molar-refractivity contribution in [3.05, 3.63) is 39.9 Å². The first-order valence-corrected chi connectivity index (χ1v) is 10.3. The van der Waals surface area contributed by atoms with E-state index in [9.17, 15) is 14.9 Å². The SMILES string of the molecule is CNCCCCCCOC1CCC(N(C)C(=O)c2ccc([N+](=O)[O-])cc2)CC1. The van der Waals surface area contributed by atoms with Crippen molar-refractivity contribution in [2.75, 3.05) is 27.2 Å². The van der Waals surface area contributed by atoms with Crippen molar-refractivity contribution in [3.63, 3.8) is 0 Å². The number of nitro benzene ring substituents is 1. The first kappa shape index (κ1) is 22.3. The topological polar surface area (TPSA) is 84.7 Å². The molecule has 1 N–H and O–H groups in total. The van der Waals surface area contributed by atoms with E-state index in [1.807, 2.05) is 14.1 Å². The van der Waals surface area contributed by atoms with Crippen LogP contribution in [0, 0.1) is 10.1 Å². The van der Waals surface area contributed by atoms with E-state index in [0.717, 1.165) is 45.3 Å². The standard InChI is InChI=1S/C21H33N3O4/c1-22-15-5-3-4-6-16-28-20-13-11-18(12-14-20)23(2)21(25)17-7-9-19(10-8-17)24(26)27/h7-10,18,20,22H,3-6,11-16H2,1-2H3. The molecule has 1 fully saturated rings. The largest absolute Gasteiger partial charge is 0.378 e. The van der Waals surface area contributed by atoms with Gasteiger partial charge in [0, 0.05) is 37.4 Å². The molecule has 1 aromatic carbocycles. The molecule has 0 saturated heterocycles. The lowest BCUT2D eigenvalue weighted by Crippen LogP contribution is -2.40. The Bertz CT molecular complexity index is 613. The average molecular weight is 392 g/mol. The molecular formula is C21H33N3O4. The molecular weight excluding hydrogens is 358 g/mol. The third-order valence-electron chi connectivity index (χ3n) is 5.51. The second-order valence-electron chi connectivity index (χ2n) is 7.54. The van der Waals surface area contributed by atoms with E-state index >= 15 is 0 Å². The summed E-state index contributed by atoms with van der Waals surface area (Å²) >= 11 is 0. The van der Waals surface area contributed by atoms with Gasteiger partial charge in [-0.15, -0.1) is 0 Å². The van der Waals surface area contributed by atoms with Gasteiger partial charge in [-0.2, -0.15) is 0 Å². The van der Waals surface area contributed by atoms with Gasteiger partial charge in [0.05, 0.1) is 11.0 Å². The molecule has 7 heteroatoms. The Morgan fingerprint density at radius 2 is 1.79 bits per heavy atom. The van der Waals surface area contributed by atoms with Gasteiger partial charge in [-0.05, 0) is 64.3 Å². The molecule has 0 aromatic heterocycles. The Morgan fingerprint density at radius 3 is 2.39 bits per heavy atom.